The summed E-state index contributed by atoms with van der Waals surface area (Å²) < 4.78 is 28.3. The maximum Gasteiger partial charge on any atom is 0.255 e. The number of para-hydroxylation sites is 1. The fourth-order valence-electron chi connectivity index (χ4n) is 3.15. The molecule has 1 saturated heterocycles. The molecular formula is C21H24N2O5S. The number of amides is 2. The number of hydrogen-bond acceptors (Lipinski definition) is 5. The van der Waals surface area contributed by atoms with E-state index in [0.29, 0.717) is 28.9 Å². The third-order valence-electron chi connectivity index (χ3n) is 4.58. The summed E-state index contributed by atoms with van der Waals surface area (Å²) >= 11 is 0. The lowest BCUT2D eigenvalue weighted by Gasteiger charge is -2.14. The van der Waals surface area contributed by atoms with Gasteiger partial charge in [0.25, 0.3) is 11.8 Å². The zero-order valence-corrected chi connectivity index (χ0v) is 17.0. The molecule has 0 aliphatic carbocycles. The minimum absolute atomic E-state index is 0.0335. The van der Waals surface area contributed by atoms with Crippen LogP contribution in [0.4, 0.5) is 5.69 Å². The fraction of sp³-hybridized carbons (Fsp3) is 0.333. The van der Waals surface area contributed by atoms with E-state index < -0.39 is 9.84 Å². The van der Waals surface area contributed by atoms with Crippen molar-refractivity contribution in [2.24, 2.45) is 0 Å². The summed E-state index contributed by atoms with van der Waals surface area (Å²) in [6.07, 6.45) is 3.12. The molecule has 0 spiro atoms. The maximum atomic E-state index is 12.6. The predicted octanol–water partition coefficient (Wildman–Crippen LogP) is 2.39. The normalized spacial score (nSPS) is 16.4. The number of anilines is 1. The molecule has 7 nitrogen and oxygen atoms in total. The van der Waals surface area contributed by atoms with Gasteiger partial charge in [0.2, 0.25) is 0 Å². The number of benzene rings is 2. The molecule has 1 aliphatic rings. The number of sulfone groups is 1. The summed E-state index contributed by atoms with van der Waals surface area (Å²) in [7, 11) is -3.14. The predicted molar refractivity (Wildman–Crippen MR) is 111 cm³/mol. The van der Waals surface area contributed by atoms with E-state index in [1.54, 1.807) is 48.5 Å². The molecule has 29 heavy (non-hydrogen) atoms. The standard InChI is InChI=1S/C21H24N2O5S/c1-29(26,27)14-15-8-10-16(11-9-15)20(24)23-19-7-3-2-6-18(19)21(25)22-13-17-5-4-12-28-17/h2-3,6-11,17H,4-5,12-14H2,1H3,(H,22,25)(H,23,24). The van der Waals surface area contributed by atoms with Gasteiger partial charge >= 0.3 is 0 Å². The molecule has 154 valence electrons. The Hall–Kier alpha value is -2.71. The summed E-state index contributed by atoms with van der Waals surface area (Å²) in [4.78, 5) is 25.1. The first kappa shape index (κ1) is 21.0. The van der Waals surface area contributed by atoms with Gasteiger partial charge in [-0.05, 0) is 42.7 Å². The molecule has 0 radical (unpaired) electrons. The summed E-state index contributed by atoms with van der Waals surface area (Å²) in [6.45, 7) is 1.15. The number of carbonyl (C=O) groups is 2. The van der Waals surface area contributed by atoms with Crippen LogP contribution in [-0.4, -0.2) is 45.7 Å². The van der Waals surface area contributed by atoms with Gasteiger partial charge in [0, 0.05) is 25.0 Å². The molecule has 2 aromatic carbocycles. The summed E-state index contributed by atoms with van der Waals surface area (Å²) in [5, 5.41) is 5.61. The molecule has 0 aromatic heterocycles. The van der Waals surface area contributed by atoms with Crippen molar-refractivity contribution in [2.45, 2.75) is 24.7 Å². The van der Waals surface area contributed by atoms with E-state index in [-0.39, 0.29) is 23.7 Å². The largest absolute Gasteiger partial charge is 0.376 e. The van der Waals surface area contributed by atoms with E-state index in [1.165, 1.54) is 0 Å². The summed E-state index contributed by atoms with van der Waals surface area (Å²) in [6, 6.07) is 13.1. The molecule has 1 fully saturated rings. The van der Waals surface area contributed by atoms with Gasteiger partial charge in [-0.1, -0.05) is 24.3 Å². The van der Waals surface area contributed by atoms with E-state index in [4.69, 9.17) is 4.74 Å². The second-order valence-corrected chi connectivity index (χ2v) is 9.25. The average molecular weight is 416 g/mol. The molecule has 8 heteroatoms. The Morgan fingerprint density at radius 3 is 2.45 bits per heavy atom. The Morgan fingerprint density at radius 1 is 1.07 bits per heavy atom. The van der Waals surface area contributed by atoms with Crippen LogP contribution in [0, 0.1) is 0 Å². The molecule has 2 aromatic rings. The van der Waals surface area contributed by atoms with Gasteiger partial charge in [-0.2, -0.15) is 0 Å². The Morgan fingerprint density at radius 2 is 1.79 bits per heavy atom. The van der Waals surface area contributed by atoms with Gasteiger partial charge in [0.05, 0.1) is 23.1 Å². The van der Waals surface area contributed by atoms with Crippen LogP contribution in [0.1, 0.15) is 39.1 Å². The summed E-state index contributed by atoms with van der Waals surface area (Å²) in [5.41, 5.74) is 1.75. The van der Waals surface area contributed by atoms with Crippen molar-refractivity contribution in [1.82, 2.24) is 5.32 Å². The zero-order chi connectivity index (χ0) is 20.9. The van der Waals surface area contributed by atoms with Crippen LogP contribution in [-0.2, 0) is 20.3 Å². The third kappa shape index (κ3) is 6.13. The van der Waals surface area contributed by atoms with Gasteiger partial charge in [0.15, 0.2) is 9.84 Å². The molecule has 1 unspecified atom stereocenters. The molecular weight excluding hydrogens is 392 g/mol. The Kier molecular flexibility index (Phi) is 6.66. The molecule has 0 saturated carbocycles. The quantitative estimate of drug-likeness (QED) is 0.722. The number of nitrogens with one attached hydrogen (secondary N) is 2. The van der Waals surface area contributed by atoms with Crippen molar-refractivity contribution < 1.29 is 22.7 Å². The highest BCUT2D eigenvalue weighted by molar-refractivity contribution is 7.89. The van der Waals surface area contributed by atoms with E-state index in [1.807, 2.05) is 0 Å². The smallest absolute Gasteiger partial charge is 0.255 e. The number of rotatable bonds is 7. The first-order valence-corrected chi connectivity index (χ1v) is 11.4. The molecule has 1 aliphatic heterocycles. The lowest BCUT2D eigenvalue weighted by atomic mass is 10.1. The van der Waals surface area contributed by atoms with Gasteiger partial charge in [0.1, 0.15) is 0 Å². The SMILES string of the molecule is CS(=O)(=O)Cc1ccc(C(=O)Nc2ccccc2C(=O)NCC2CCCO2)cc1. The van der Waals surface area contributed by atoms with Crippen LogP contribution in [0.3, 0.4) is 0 Å². The van der Waals surface area contributed by atoms with E-state index in [9.17, 15) is 18.0 Å². The van der Waals surface area contributed by atoms with Crippen LogP contribution in [0.5, 0.6) is 0 Å². The highest BCUT2D eigenvalue weighted by atomic mass is 32.2. The van der Waals surface area contributed by atoms with Crippen molar-refractivity contribution in [3.8, 4) is 0 Å². The molecule has 2 amide bonds. The second-order valence-electron chi connectivity index (χ2n) is 7.11. The second kappa shape index (κ2) is 9.19. The van der Waals surface area contributed by atoms with Crippen LogP contribution >= 0.6 is 0 Å². The minimum atomic E-state index is -3.14. The van der Waals surface area contributed by atoms with Gasteiger partial charge in [-0.3, -0.25) is 9.59 Å². The lowest BCUT2D eigenvalue weighted by molar-refractivity contribution is 0.0858. The van der Waals surface area contributed by atoms with Crippen molar-refractivity contribution in [1.29, 1.82) is 0 Å². The topological polar surface area (TPSA) is 102 Å². The molecule has 0 bridgehead atoms. The zero-order valence-electron chi connectivity index (χ0n) is 16.2. The Balaban J connectivity index is 1.66. The van der Waals surface area contributed by atoms with E-state index in [0.717, 1.165) is 25.7 Å². The van der Waals surface area contributed by atoms with E-state index in [2.05, 4.69) is 10.6 Å². The van der Waals surface area contributed by atoms with Crippen molar-refractivity contribution in [2.75, 3.05) is 24.7 Å². The van der Waals surface area contributed by atoms with Crippen molar-refractivity contribution >= 4 is 27.3 Å². The van der Waals surface area contributed by atoms with Crippen molar-refractivity contribution in [3.05, 3.63) is 65.2 Å². The van der Waals surface area contributed by atoms with Crippen LogP contribution < -0.4 is 10.6 Å². The van der Waals surface area contributed by atoms with Gasteiger partial charge in [-0.25, -0.2) is 8.42 Å². The molecule has 3 rings (SSSR count). The minimum Gasteiger partial charge on any atom is -0.376 e. The Bertz CT molecular complexity index is 980. The highest BCUT2D eigenvalue weighted by Gasteiger charge is 2.18. The van der Waals surface area contributed by atoms with Crippen molar-refractivity contribution in [3.63, 3.8) is 0 Å². The van der Waals surface area contributed by atoms with Crippen LogP contribution in [0.25, 0.3) is 0 Å². The van der Waals surface area contributed by atoms with Crippen LogP contribution in [0.15, 0.2) is 48.5 Å². The average Bonchev–Trinajstić information content (AvgIpc) is 3.19. The lowest BCUT2D eigenvalue weighted by Crippen LogP contribution is -2.32. The summed E-state index contributed by atoms with van der Waals surface area (Å²) in [5.74, 6) is -0.738. The van der Waals surface area contributed by atoms with Gasteiger partial charge < -0.3 is 15.4 Å². The number of carbonyl (C=O) groups excluding carboxylic acids is 2. The fourth-order valence-corrected chi connectivity index (χ4v) is 3.94. The first-order chi connectivity index (χ1) is 13.8. The molecule has 1 heterocycles. The maximum absolute atomic E-state index is 12.6. The number of hydrogen-bond donors (Lipinski definition) is 2. The number of ether oxygens (including phenoxy) is 1. The first-order valence-electron chi connectivity index (χ1n) is 9.39. The monoisotopic (exact) mass is 416 g/mol. The van der Waals surface area contributed by atoms with Crippen LogP contribution in [0.2, 0.25) is 0 Å². The Labute approximate surface area is 170 Å². The molecule has 2 N–H and O–H groups in total. The van der Waals surface area contributed by atoms with Gasteiger partial charge in [-0.15, -0.1) is 0 Å². The highest BCUT2D eigenvalue weighted by Crippen LogP contribution is 2.18. The third-order valence-corrected chi connectivity index (χ3v) is 5.44. The molecule has 1 atom stereocenters. The van der Waals surface area contributed by atoms with E-state index >= 15 is 0 Å².